The van der Waals surface area contributed by atoms with Crippen molar-refractivity contribution >= 4 is 22.6 Å². The van der Waals surface area contributed by atoms with Gasteiger partial charge in [0.1, 0.15) is 11.3 Å². The van der Waals surface area contributed by atoms with Gasteiger partial charge in [-0.15, -0.1) is 0 Å². The van der Waals surface area contributed by atoms with E-state index in [0.717, 1.165) is 23.3 Å². The normalized spacial score (nSPS) is 14.1. The summed E-state index contributed by atoms with van der Waals surface area (Å²) in [4.78, 5) is 7.93. The number of hydrogen-bond acceptors (Lipinski definition) is 2. The Morgan fingerprint density at radius 1 is 1.39 bits per heavy atom. The molecule has 0 fully saturated rings. The first-order valence-electron chi connectivity index (χ1n) is 6.25. The van der Waals surface area contributed by atoms with Crippen LogP contribution in [-0.4, -0.2) is 16.5 Å². The molecule has 0 bridgehead atoms. The average Bonchev–Trinajstić information content (AvgIpc) is 2.70. The van der Waals surface area contributed by atoms with Gasteiger partial charge in [0.05, 0.1) is 10.5 Å². The van der Waals surface area contributed by atoms with Crippen molar-refractivity contribution in [3.05, 3.63) is 29.0 Å². The lowest BCUT2D eigenvalue weighted by Gasteiger charge is -2.23. The molecule has 2 rings (SSSR count). The highest BCUT2D eigenvalue weighted by Crippen LogP contribution is 2.31. The third-order valence-electron chi connectivity index (χ3n) is 3.01. The van der Waals surface area contributed by atoms with Gasteiger partial charge in [-0.3, -0.25) is 0 Å². The Bertz CT molecular complexity index is 539. The second kappa shape index (κ2) is 4.90. The van der Waals surface area contributed by atoms with E-state index in [2.05, 4.69) is 30.7 Å². The van der Waals surface area contributed by atoms with Crippen LogP contribution in [0.5, 0.6) is 0 Å². The van der Waals surface area contributed by atoms with Gasteiger partial charge in [0.2, 0.25) is 0 Å². The largest absolute Gasteiger partial charge is 0.342 e. The monoisotopic (exact) mass is 265 g/mol. The van der Waals surface area contributed by atoms with E-state index in [-0.39, 0.29) is 11.3 Å². The second-order valence-electron chi connectivity index (χ2n) is 5.96. The Hall–Kier alpha value is -1.06. The standard InChI is InChI=1S/C14H20ClN3/c1-14(2,3)7-9(8-16)13-17-11-6-4-5-10(15)12(11)18-13/h4-6,9H,7-8,16H2,1-3H3,(H,17,18). The van der Waals surface area contributed by atoms with Crippen molar-refractivity contribution in [3.63, 3.8) is 0 Å². The first-order valence-corrected chi connectivity index (χ1v) is 6.63. The molecule has 1 unspecified atom stereocenters. The van der Waals surface area contributed by atoms with E-state index in [0.29, 0.717) is 11.6 Å². The summed E-state index contributed by atoms with van der Waals surface area (Å²) in [6.45, 7) is 7.23. The predicted octanol–water partition coefficient (Wildman–Crippen LogP) is 3.69. The summed E-state index contributed by atoms with van der Waals surface area (Å²) < 4.78 is 0. The number of para-hydroxylation sites is 1. The molecule has 3 N–H and O–H groups in total. The number of nitrogens with two attached hydrogens (primary N) is 1. The molecule has 0 saturated heterocycles. The lowest BCUT2D eigenvalue weighted by molar-refractivity contribution is 0.337. The van der Waals surface area contributed by atoms with E-state index in [1.54, 1.807) is 0 Å². The topological polar surface area (TPSA) is 54.7 Å². The summed E-state index contributed by atoms with van der Waals surface area (Å²) >= 11 is 6.14. The molecule has 1 atom stereocenters. The molecule has 98 valence electrons. The Balaban J connectivity index is 2.37. The van der Waals surface area contributed by atoms with E-state index in [1.807, 2.05) is 18.2 Å². The SMILES string of the molecule is CC(C)(C)CC(CN)c1nc2c(Cl)cccc2[nH]1. The number of aromatic nitrogens is 2. The van der Waals surface area contributed by atoms with Gasteiger partial charge in [0.25, 0.3) is 0 Å². The average molecular weight is 266 g/mol. The third kappa shape index (κ3) is 2.85. The number of nitrogens with one attached hydrogen (secondary N) is 1. The van der Waals surface area contributed by atoms with Gasteiger partial charge < -0.3 is 10.7 Å². The molecule has 0 spiro atoms. The highest BCUT2D eigenvalue weighted by Gasteiger charge is 2.22. The molecular weight excluding hydrogens is 246 g/mol. The summed E-state index contributed by atoms with van der Waals surface area (Å²) in [5, 5.41) is 0.682. The van der Waals surface area contributed by atoms with Crippen molar-refractivity contribution in [1.82, 2.24) is 9.97 Å². The second-order valence-corrected chi connectivity index (χ2v) is 6.36. The van der Waals surface area contributed by atoms with Crippen molar-refractivity contribution in [2.45, 2.75) is 33.1 Å². The summed E-state index contributed by atoms with van der Waals surface area (Å²) in [5.41, 5.74) is 7.92. The van der Waals surface area contributed by atoms with Crippen LogP contribution in [-0.2, 0) is 0 Å². The molecule has 0 aliphatic carbocycles. The molecule has 3 nitrogen and oxygen atoms in total. The zero-order valence-electron chi connectivity index (χ0n) is 11.1. The van der Waals surface area contributed by atoms with Crippen LogP contribution in [0.15, 0.2) is 18.2 Å². The fourth-order valence-corrected chi connectivity index (χ4v) is 2.46. The molecule has 0 aliphatic rings. The Morgan fingerprint density at radius 3 is 2.67 bits per heavy atom. The maximum atomic E-state index is 6.14. The number of imidazole rings is 1. The minimum absolute atomic E-state index is 0.229. The van der Waals surface area contributed by atoms with E-state index in [4.69, 9.17) is 17.3 Å². The summed E-state index contributed by atoms with van der Waals surface area (Å²) in [6, 6.07) is 5.77. The molecule has 0 saturated carbocycles. The van der Waals surface area contributed by atoms with Crippen LogP contribution in [0.25, 0.3) is 11.0 Å². The number of H-pyrrole nitrogens is 1. The number of hydrogen-bond donors (Lipinski definition) is 2. The van der Waals surface area contributed by atoms with Gasteiger partial charge in [0.15, 0.2) is 0 Å². The molecule has 0 amide bonds. The molecule has 4 heteroatoms. The maximum absolute atomic E-state index is 6.14. The van der Waals surface area contributed by atoms with E-state index in [9.17, 15) is 0 Å². The molecular formula is C14H20ClN3. The van der Waals surface area contributed by atoms with E-state index >= 15 is 0 Å². The first-order chi connectivity index (χ1) is 8.40. The van der Waals surface area contributed by atoms with Crippen LogP contribution in [0.1, 0.15) is 38.9 Å². The number of aromatic amines is 1. The quantitative estimate of drug-likeness (QED) is 0.889. The lowest BCUT2D eigenvalue weighted by atomic mass is 9.84. The fraction of sp³-hybridized carbons (Fsp3) is 0.500. The van der Waals surface area contributed by atoms with Crippen LogP contribution in [0.3, 0.4) is 0 Å². The Kier molecular flexibility index (Phi) is 3.64. The fourth-order valence-electron chi connectivity index (χ4n) is 2.24. The van der Waals surface area contributed by atoms with Crippen LogP contribution in [0.4, 0.5) is 0 Å². The molecule has 1 heterocycles. The zero-order chi connectivity index (χ0) is 13.3. The van der Waals surface area contributed by atoms with Crippen molar-refractivity contribution < 1.29 is 0 Å². The summed E-state index contributed by atoms with van der Waals surface area (Å²) in [7, 11) is 0. The molecule has 1 aromatic heterocycles. The number of fused-ring (bicyclic) bond motifs is 1. The minimum Gasteiger partial charge on any atom is -0.342 e. The molecule has 18 heavy (non-hydrogen) atoms. The number of rotatable bonds is 3. The summed E-state index contributed by atoms with van der Waals surface area (Å²) in [5.74, 6) is 1.18. The highest BCUT2D eigenvalue weighted by atomic mass is 35.5. The molecule has 0 aliphatic heterocycles. The van der Waals surface area contributed by atoms with Crippen molar-refractivity contribution in [2.24, 2.45) is 11.1 Å². The van der Waals surface area contributed by atoms with Gasteiger partial charge in [-0.25, -0.2) is 4.98 Å². The van der Waals surface area contributed by atoms with Gasteiger partial charge >= 0.3 is 0 Å². The highest BCUT2D eigenvalue weighted by molar-refractivity contribution is 6.34. The minimum atomic E-state index is 0.229. The third-order valence-corrected chi connectivity index (χ3v) is 3.32. The number of nitrogens with zero attached hydrogens (tertiary/aromatic N) is 1. The van der Waals surface area contributed by atoms with Crippen LogP contribution < -0.4 is 5.73 Å². The van der Waals surface area contributed by atoms with Gasteiger partial charge in [0, 0.05) is 12.5 Å². The number of benzene rings is 1. The predicted molar refractivity (Wildman–Crippen MR) is 77.0 cm³/mol. The van der Waals surface area contributed by atoms with Crippen LogP contribution in [0.2, 0.25) is 5.02 Å². The van der Waals surface area contributed by atoms with E-state index in [1.165, 1.54) is 0 Å². The first kappa shape index (κ1) is 13.4. The molecule has 0 radical (unpaired) electrons. The lowest BCUT2D eigenvalue weighted by Crippen LogP contribution is -2.20. The maximum Gasteiger partial charge on any atom is 0.111 e. The van der Waals surface area contributed by atoms with Crippen LogP contribution >= 0.6 is 11.6 Å². The Labute approximate surface area is 113 Å². The van der Waals surface area contributed by atoms with Crippen molar-refractivity contribution in [3.8, 4) is 0 Å². The van der Waals surface area contributed by atoms with Crippen molar-refractivity contribution in [2.75, 3.05) is 6.54 Å². The van der Waals surface area contributed by atoms with Gasteiger partial charge in [-0.1, -0.05) is 38.4 Å². The van der Waals surface area contributed by atoms with E-state index < -0.39 is 0 Å². The number of halogens is 1. The molecule has 1 aromatic carbocycles. The zero-order valence-corrected chi connectivity index (χ0v) is 11.9. The van der Waals surface area contributed by atoms with Crippen LogP contribution in [0, 0.1) is 5.41 Å². The molecule has 2 aromatic rings. The summed E-state index contributed by atoms with van der Waals surface area (Å²) in [6.07, 6.45) is 1.00. The Morgan fingerprint density at radius 2 is 2.11 bits per heavy atom. The van der Waals surface area contributed by atoms with Gasteiger partial charge in [-0.05, 0) is 24.0 Å². The smallest absolute Gasteiger partial charge is 0.111 e. The van der Waals surface area contributed by atoms with Crippen molar-refractivity contribution in [1.29, 1.82) is 0 Å². The van der Waals surface area contributed by atoms with Gasteiger partial charge in [-0.2, -0.15) is 0 Å².